The summed E-state index contributed by atoms with van der Waals surface area (Å²) in [5.41, 5.74) is 4.65. The molecule has 1 aliphatic carbocycles. The predicted molar refractivity (Wildman–Crippen MR) is 137 cm³/mol. The molecule has 4 aromatic carbocycles. The van der Waals surface area contributed by atoms with Gasteiger partial charge in [-0.15, -0.1) is 0 Å². The van der Waals surface area contributed by atoms with Crippen molar-refractivity contribution in [1.82, 2.24) is 0 Å². The van der Waals surface area contributed by atoms with Crippen LogP contribution < -0.4 is 18.9 Å². The molecule has 4 aromatic rings. The summed E-state index contributed by atoms with van der Waals surface area (Å²) in [6, 6.07) is 27.9. The van der Waals surface area contributed by atoms with Crippen LogP contribution in [0.4, 0.5) is 0 Å². The average molecular weight is 479 g/mol. The first kappa shape index (κ1) is 22.2. The van der Waals surface area contributed by atoms with E-state index in [1.807, 2.05) is 60.7 Å². The van der Waals surface area contributed by atoms with Gasteiger partial charge in [-0.05, 0) is 34.9 Å². The first-order valence-electron chi connectivity index (χ1n) is 11.9. The van der Waals surface area contributed by atoms with Gasteiger partial charge in [0.1, 0.15) is 0 Å². The number of carbonyl (C=O) groups is 1. The average Bonchev–Trinajstić information content (AvgIpc) is 2.95. The fraction of sp³-hybridized carbons (Fsp3) is 0.194. The van der Waals surface area contributed by atoms with E-state index in [1.54, 1.807) is 21.3 Å². The zero-order valence-electron chi connectivity index (χ0n) is 20.4. The number of hydrogen-bond donors (Lipinski definition) is 0. The molecule has 0 saturated carbocycles. The van der Waals surface area contributed by atoms with Crippen molar-refractivity contribution in [1.29, 1.82) is 0 Å². The van der Waals surface area contributed by atoms with Gasteiger partial charge >= 0.3 is 0 Å². The molecule has 0 fully saturated rings. The third kappa shape index (κ3) is 2.92. The first-order chi connectivity index (χ1) is 17.6. The van der Waals surface area contributed by atoms with Gasteiger partial charge in [0, 0.05) is 22.6 Å². The van der Waals surface area contributed by atoms with Gasteiger partial charge in [0.2, 0.25) is 0 Å². The first-order valence-corrected chi connectivity index (χ1v) is 11.9. The molecular formula is C31H26O5. The highest BCUT2D eigenvalue weighted by molar-refractivity contribution is 6.13. The lowest BCUT2D eigenvalue weighted by Crippen LogP contribution is -2.46. The molecule has 6 rings (SSSR count). The van der Waals surface area contributed by atoms with Crippen molar-refractivity contribution in [3.8, 4) is 23.0 Å². The molecule has 2 aliphatic rings. The van der Waals surface area contributed by atoms with Crippen LogP contribution in [-0.2, 0) is 5.41 Å². The van der Waals surface area contributed by atoms with Gasteiger partial charge in [-0.3, -0.25) is 4.79 Å². The Kier molecular flexibility index (Phi) is 5.22. The fourth-order valence-corrected chi connectivity index (χ4v) is 6.04. The molecule has 1 atom stereocenters. The van der Waals surface area contributed by atoms with E-state index in [0.29, 0.717) is 40.7 Å². The monoisotopic (exact) mass is 478 g/mol. The van der Waals surface area contributed by atoms with E-state index in [1.165, 1.54) is 0 Å². The van der Waals surface area contributed by atoms with Crippen LogP contribution in [0.2, 0.25) is 0 Å². The molecule has 5 nitrogen and oxygen atoms in total. The van der Waals surface area contributed by atoms with Crippen LogP contribution in [0.1, 0.15) is 44.1 Å². The van der Waals surface area contributed by atoms with Crippen molar-refractivity contribution in [2.45, 2.75) is 11.3 Å². The largest absolute Gasteiger partial charge is 0.493 e. The molecule has 0 N–H and O–H groups in total. The van der Waals surface area contributed by atoms with Crippen molar-refractivity contribution < 1.29 is 23.7 Å². The maximum atomic E-state index is 13.7. The topological polar surface area (TPSA) is 54.0 Å². The number of para-hydroxylation sites is 1. The highest BCUT2D eigenvalue weighted by Gasteiger charge is 2.54. The third-order valence-corrected chi connectivity index (χ3v) is 7.54. The highest BCUT2D eigenvalue weighted by atomic mass is 16.5. The number of fused-ring (bicyclic) bond motifs is 6. The summed E-state index contributed by atoms with van der Waals surface area (Å²) in [7, 11) is 4.92. The van der Waals surface area contributed by atoms with E-state index in [9.17, 15) is 4.79 Å². The van der Waals surface area contributed by atoms with Crippen molar-refractivity contribution in [2.24, 2.45) is 0 Å². The minimum absolute atomic E-state index is 0.0359. The Hall–Kier alpha value is -4.25. The normalized spacial score (nSPS) is 16.9. The Morgan fingerprint density at radius 3 is 1.94 bits per heavy atom. The zero-order valence-corrected chi connectivity index (χ0v) is 20.4. The second kappa shape index (κ2) is 8.45. The lowest BCUT2D eigenvalue weighted by Gasteiger charge is -2.49. The molecule has 1 aliphatic heterocycles. The standard InChI is InChI=1S/C31H26O5/c1-33-26-16-15-19(17-28(26)35-3)25-18-36-30-24(13-8-14-27(30)34-2)31(25)22-11-6-4-9-20(22)29(32)21-10-5-7-12-23(21)31/h4-17,25H,18H2,1-3H3. The quantitative estimate of drug-likeness (QED) is 0.373. The van der Waals surface area contributed by atoms with Crippen LogP contribution in [0.25, 0.3) is 0 Å². The minimum Gasteiger partial charge on any atom is -0.493 e. The van der Waals surface area contributed by atoms with Gasteiger partial charge in [0.15, 0.2) is 28.8 Å². The van der Waals surface area contributed by atoms with Crippen molar-refractivity contribution in [3.05, 3.63) is 118 Å². The lowest BCUT2D eigenvalue weighted by molar-refractivity contribution is 0.102. The van der Waals surface area contributed by atoms with Crippen molar-refractivity contribution in [3.63, 3.8) is 0 Å². The predicted octanol–water partition coefficient (Wildman–Crippen LogP) is 5.77. The maximum Gasteiger partial charge on any atom is 0.193 e. The molecule has 36 heavy (non-hydrogen) atoms. The summed E-state index contributed by atoms with van der Waals surface area (Å²) >= 11 is 0. The SMILES string of the molecule is COc1ccc(C2COc3c(OC)cccc3C23c2ccccc2C(=O)c2ccccc23)cc1OC. The zero-order chi connectivity index (χ0) is 24.9. The van der Waals surface area contributed by atoms with E-state index in [-0.39, 0.29) is 11.7 Å². The molecular weight excluding hydrogens is 452 g/mol. The summed E-state index contributed by atoms with van der Waals surface area (Å²) < 4.78 is 23.3. The number of carbonyl (C=O) groups excluding carboxylic acids is 1. The van der Waals surface area contributed by atoms with Gasteiger partial charge in [-0.25, -0.2) is 0 Å². The Bertz CT molecular complexity index is 1440. The summed E-state index contributed by atoms with van der Waals surface area (Å²) in [6.45, 7) is 0.389. The summed E-state index contributed by atoms with van der Waals surface area (Å²) in [5.74, 6) is 2.56. The number of ketones is 1. The fourth-order valence-electron chi connectivity index (χ4n) is 6.04. The van der Waals surface area contributed by atoms with E-state index < -0.39 is 5.41 Å². The molecule has 0 bridgehead atoms. The number of ether oxygens (including phenoxy) is 4. The van der Waals surface area contributed by atoms with E-state index in [4.69, 9.17) is 18.9 Å². The van der Waals surface area contributed by atoms with Crippen LogP contribution in [0.3, 0.4) is 0 Å². The maximum absolute atomic E-state index is 13.7. The van der Waals surface area contributed by atoms with Gasteiger partial charge in [-0.2, -0.15) is 0 Å². The molecule has 5 heteroatoms. The summed E-state index contributed by atoms with van der Waals surface area (Å²) in [6.07, 6.45) is 0. The van der Waals surface area contributed by atoms with Crippen LogP contribution in [0.15, 0.2) is 84.9 Å². The van der Waals surface area contributed by atoms with Crippen molar-refractivity contribution in [2.75, 3.05) is 27.9 Å². The van der Waals surface area contributed by atoms with Crippen LogP contribution in [-0.4, -0.2) is 33.7 Å². The van der Waals surface area contributed by atoms with Gasteiger partial charge in [0.05, 0.1) is 33.4 Å². The second-order valence-electron chi connectivity index (χ2n) is 9.04. The van der Waals surface area contributed by atoms with Gasteiger partial charge < -0.3 is 18.9 Å². The second-order valence-corrected chi connectivity index (χ2v) is 9.04. The van der Waals surface area contributed by atoms with E-state index in [2.05, 4.69) is 24.3 Å². The Balaban J connectivity index is 1.75. The molecule has 1 heterocycles. The van der Waals surface area contributed by atoms with Gasteiger partial charge in [-0.1, -0.05) is 66.7 Å². The summed E-state index contributed by atoms with van der Waals surface area (Å²) in [4.78, 5) is 13.7. The molecule has 0 amide bonds. The van der Waals surface area contributed by atoms with Crippen LogP contribution in [0, 0.1) is 0 Å². The molecule has 180 valence electrons. The number of rotatable bonds is 4. The van der Waals surface area contributed by atoms with E-state index in [0.717, 1.165) is 22.3 Å². The highest BCUT2D eigenvalue weighted by Crippen LogP contribution is 2.60. The Morgan fingerprint density at radius 2 is 1.31 bits per heavy atom. The molecule has 0 aromatic heterocycles. The molecule has 0 saturated heterocycles. The minimum atomic E-state index is -0.692. The Morgan fingerprint density at radius 1 is 0.694 bits per heavy atom. The molecule has 0 radical (unpaired) electrons. The molecule has 1 unspecified atom stereocenters. The van der Waals surface area contributed by atoms with Gasteiger partial charge in [0.25, 0.3) is 0 Å². The number of benzene rings is 4. The Labute approximate surface area is 210 Å². The van der Waals surface area contributed by atoms with Crippen molar-refractivity contribution >= 4 is 5.78 Å². The summed E-state index contributed by atoms with van der Waals surface area (Å²) in [5, 5.41) is 0. The van der Waals surface area contributed by atoms with E-state index >= 15 is 0 Å². The molecule has 1 spiro atoms. The number of methoxy groups -OCH3 is 3. The van der Waals surface area contributed by atoms with Crippen LogP contribution in [0.5, 0.6) is 23.0 Å². The lowest BCUT2D eigenvalue weighted by atomic mass is 9.54. The third-order valence-electron chi connectivity index (χ3n) is 7.54. The smallest absolute Gasteiger partial charge is 0.193 e. The number of hydrogen-bond acceptors (Lipinski definition) is 5. The van der Waals surface area contributed by atoms with Crippen LogP contribution >= 0.6 is 0 Å².